The Bertz CT molecular complexity index is 901. The molecule has 0 saturated carbocycles. The lowest BCUT2D eigenvalue weighted by Gasteiger charge is -2.43. The lowest BCUT2D eigenvalue weighted by molar-refractivity contribution is -0.468. The molecule has 1 heterocycles. The van der Waals surface area contributed by atoms with Crippen LogP contribution in [0.2, 0.25) is 0 Å². The van der Waals surface area contributed by atoms with Crippen molar-refractivity contribution in [1.82, 2.24) is 0 Å². The maximum Gasteiger partial charge on any atom is 0.462 e. The highest BCUT2D eigenvalue weighted by atomic mass is 19.4. The number of rotatable bonds is 10. The maximum absolute atomic E-state index is 14.5. The highest BCUT2D eigenvalue weighted by Gasteiger charge is 2.79. The van der Waals surface area contributed by atoms with Gasteiger partial charge in [0.15, 0.2) is 0 Å². The predicted molar refractivity (Wildman–Crippen MR) is 83.1 cm³/mol. The van der Waals surface area contributed by atoms with Crippen LogP contribution in [-0.2, 0) is 18.9 Å². The van der Waals surface area contributed by atoms with Gasteiger partial charge >= 0.3 is 60.6 Å². The number of ether oxygens (including phenoxy) is 4. The average molecular weight is 720 g/mol. The third-order valence-corrected chi connectivity index (χ3v) is 4.99. The van der Waals surface area contributed by atoms with Gasteiger partial charge in [-0.3, -0.25) is 9.47 Å². The van der Waals surface area contributed by atoms with Gasteiger partial charge < -0.3 is 9.47 Å². The van der Waals surface area contributed by atoms with E-state index in [1.807, 2.05) is 9.47 Å². The molecule has 0 bridgehead atoms. The Morgan fingerprint density at radius 2 is 0.682 bits per heavy atom. The summed E-state index contributed by atoms with van der Waals surface area (Å²) >= 11 is 0. The van der Waals surface area contributed by atoms with Crippen LogP contribution in [0.4, 0.5) is 105 Å². The zero-order valence-electron chi connectivity index (χ0n) is 19.4. The Morgan fingerprint density at radius 3 is 0.886 bits per heavy atom. The van der Waals surface area contributed by atoms with Crippen molar-refractivity contribution in [1.29, 1.82) is 0 Å². The van der Waals surface area contributed by atoms with Gasteiger partial charge in [-0.05, 0) is 0 Å². The molecule has 4 atom stereocenters. The second-order valence-electron chi connectivity index (χ2n) is 8.26. The van der Waals surface area contributed by atoms with Crippen molar-refractivity contribution in [3.63, 3.8) is 0 Å². The second kappa shape index (κ2) is 11.4. The normalized spacial score (nSPS) is 22.6. The largest absolute Gasteiger partial charge is 0.462 e. The molecule has 4 unspecified atom stereocenters. The van der Waals surface area contributed by atoms with Gasteiger partial charge in [0.1, 0.15) is 12.2 Å². The lowest BCUT2D eigenvalue weighted by Crippen LogP contribution is -2.66. The SMILES string of the molecule is FC(F)(F)C(OC(F)(F)C(F)(F)C(F)(F)F)C(F)(F)C1COCC(C(F)(F)C(OC(F)(F)C(F)(F)C(F)(F)F)C(F)(F)F)O1. The molecule has 0 aromatic heterocycles. The van der Waals surface area contributed by atoms with Gasteiger partial charge in [-0.15, -0.1) is 0 Å². The lowest BCUT2D eigenvalue weighted by atomic mass is 10.0. The highest BCUT2D eigenvalue weighted by molar-refractivity contribution is 5.00. The van der Waals surface area contributed by atoms with Crippen molar-refractivity contribution in [2.45, 2.75) is 85.0 Å². The summed E-state index contributed by atoms with van der Waals surface area (Å²) < 4.78 is 326. The summed E-state index contributed by atoms with van der Waals surface area (Å²) in [5.41, 5.74) is 0. The van der Waals surface area contributed by atoms with Crippen molar-refractivity contribution in [3.05, 3.63) is 0 Å². The first-order chi connectivity index (χ1) is 18.9. The fourth-order valence-electron chi connectivity index (χ4n) is 2.80. The van der Waals surface area contributed by atoms with Crippen LogP contribution in [0.3, 0.4) is 0 Å². The molecule has 1 rings (SSSR count). The first-order valence-electron chi connectivity index (χ1n) is 10.0. The van der Waals surface area contributed by atoms with Crippen LogP contribution >= 0.6 is 0 Å². The fourth-order valence-corrected chi connectivity index (χ4v) is 2.80. The van der Waals surface area contributed by atoms with E-state index < -0.39 is 98.2 Å². The van der Waals surface area contributed by atoms with Gasteiger partial charge in [0.2, 0.25) is 12.2 Å². The third-order valence-electron chi connectivity index (χ3n) is 4.99. The van der Waals surface area contributed by atoms with Crippen molar-refractivity contribution in [3.8, 4) is 0 Å². The summed E-state index contributed by atoms with van der Waals surface area (Å²) in [6.07, 6.45) is -65.3. The van der Waals surface area contributed by atoms with Gasteiger partial charge in [-0.1, -0.05) is 0 Å². The number of hydrogen-bond donors (Lipinski definition) is 0. The minimum Gasteiger partial charge on any atom is -0.376 e. The van der Waals surface area contributed by atoms with E-state index >= 15 is 0 Å². The predicted octanol–water partition coefficient (Wildman–Crippen LogP) is 7.52. The van der Waals surface area contributed by atoms with Crippen LogP contribution in [0, 0.1) is 0 Å². The van der Waals surface area contributed by atoms with Crippen molar-refractivity contribution in [2.75, 3.05) is 13.2 Å². The Hall–Kier alpha value is -1.84. The minimum atomic E-state index is -7.69. The van der Waals surface area contributed by atoms with E-state index in [2.05, 4.69) is 9.47 Å². The second-order valence-corrected chi connectivity index (χ2v) is 8.26. The molecule has 1 aliphatic rings. The molecule has 4 nitrogen and oxygen atoms in total. The zero-order valence-corrected chi connectivity index (χ0v) is 19.4. The molecule has 1 aliphatic heterocycles. The monoisotopic (exact) mass is 720 g/mol. The van der Waals surface area contributed by atoms with E-state index in [0.717, 1.165) is 0 Å². The molecule has 0 amide bonds. The van der Waals surface area contributed by atoms with Crippen molar-refractivity contribution in [2.24, 2.45) is 0 Å². The van der Waals surface area contributed by atoms with Crippen LogP contribution in [0.5, 0.6) is 0 Å². The molecular formula is C16H8F24O4. The summed E-state index contributed by atoms with van der Waals surface area (Å²) in [6.45, 7) is -4.76. The molecule has 0 aliphatic carbocycles. The summed E-state index contributed by atoms with van der Waals surface area (Å²) in [7, 11) is 0. The van der Waals surface area contributed by atoms with E-state index in [4.69, 9.17) is 0 Å². The number of alkyl halides is 24. The van der Waals surface area contributed by atoms with Gasteiger partial charge in [-0.25, -0.2) is 17.6 Å². The van der Waals surface area contributed by atoms with Crippen molar-refractivity contribution < 1.29 is 124 Å². The Labute approximate surface area is 224 Å². The van der Waals surface area contributed by atoms with Gasteiger partial charge in [-0.2, -0.15) is 87.8 Å². The van der Waals surface area contributed by atoms with Crippen LogP contribution in [0.25, 0.3) is 0 Å². The highest BCUT2D eigenvalue weighted by Crippen LogP contribution is 2.53. The molecule has 264 valence electrons. The van der Waals surface area contributed by atoms with E-state index in [1.54, 1.807) is 0 Å². The third kappa shape index (κ3) is 7.58. The van der Waals surface area contributed by atoms with Crippen LogP contribution in [0.1, 0.15) is 0 Å². The van der Waals surface area contributed by atoms with Crippen LogP contribution in [0.15, 0.2) is 0 Å². The topological polar surface area (TPSA) is 36.9 Å². The van der Waals surface area contributed by atoms with Crippen LogP contribution in [-0.4, -0.2) is 98.2 Å². The Balaban J connectivity index is 3.54. The van der Waals surface area contributed by atoms with Gasteiger partial charge in [0.05, 0.1) is 13.2 Å². The fraction of sp³-hybridized carbons (Fsp3) is 1.00. The summed E-state index contributed by atoms with van der Waals surface area (Å²) in [5.74, 6) is -28.7. The van der Waals surface area contributed by atoms with E-state index in [0.29, 0.717) is 0 Å². The molecule has 28 heteroatoms. The Kier molecular flexibility index (Phi) is 10.5. The Morgan fingerprint density at radius 1 is 0.432 bits per heavy atom. The summed E-state index contributed by atoms with van der Waals surface area (Å²) in [5, 5.41) is 0. The molecule has 0 N–H and O–H groups in total. The molecule has 0 radical (unpaired) electrons. The number of halogens is 24. The molecule has 0 aromatic carbocycles. The molecule has 0 aromatic rings. The number of hydrogen-bond acceptors (Lipinski definition) is 4. The first kappa shape index (κ1) is 40.2. The van der Waals surface area contributed by atoms with E-state index in [1.165, 1.54) is 0 Å². The van der Waals surface area contributed by atoms with Crippen LogP contribution < -0.4 is 0 Å². The minimum absolute atomic E-state index is 1.97. The maximum atomic E-state index is 14.5. The molecule has 1 saturated heterocycles. The van der Waals surface area contributed by atoms with Crippen molar-refractivity contribution >= 4 is 0 Å². The molecule has 0 spiro atoms. The average Bonchev–Trinajstić information content (AvgIpc) is 2.78. The molecular weight excluding hydrogens is 712 g/mol. The molecule has 1 fully saturated rings. The first-order valence-corrected chi connectivity index (χ1v) is 10.0. The zero-order chi connectivity index (χ0) is 35.6. The summed E-state index contributed by atoms with van der Waals surface area (Å²) in [4.78, 5) is 0. The van der Waals surface area contributed by atoms with Gasteiger partial charge in [0.25, 0.3) is 0 Å². The van der Waals surface area contributed by atoms with Gasteiger partial charge in [0, 0.05) is 0 Å². The summed E-state index contributed by atoms with van der Waals surface area (Å²) in [6, 6.07) is 0. The van der Waals surface area contributed by atoms with E-state index in [9.17, 15) is 105 Å². The quantitative estimate of drug-likeness (QED) is 0.219. The van der Waals surface area contributed by atoms with E-state index in [-0.39, 0.29) is 0 Å². The molecule has 44 heavy (non-hydrogen) atoms. The smallest absolute Gasteiger partial charge is 0.376 e. The standard InChI is InChI=1S/C16H8F24O4/c17-7(18,5(9(21,22)23)43-15(37,38)11(27,28)13(31,32)33)3-1-41-2-4(42-3)8(19,20)6(10(24,25)26)44-16(39,40)12(29,30)14(34,35)36/h3-6H,1-2H2.